The Morgan fingerprint density at radius 2 is 1.70 bits per heavy atom. The molecular formula is C28H34BF2N3O10. The fourth-order valence-corrected chi connectivity index (χ4v) is 5.04. The maximum absolute atomic E-state index is 15.9. The molecule has 0 spiro atoms. The van der Waals surface area contributed by atoms with Crippen LogP contribution in [-0.2, 0) is 28.3 Å². The quantitative estimate of drug-likeness (QED) is 0.412. The fraction of sp³-hybridized carbons (Fsp3) is 0.536. The van der Waals surface area contributed by atoms with Gasteiger partial charge in [-0.1, -0.05) is 0 Å². The number of hydrogen-bond acceptors (Lipinski definition) is 11. The highest BCUT2D eigenvalue weighted by Crippen LogP contribution is 2.44. The molecule has 238 valence electrons. The molecule has 1 aromatic carbocycles. The minimum Gasteiger partial charge on any atom is -0.492 e. The Hall–Kier alpha value is -4.37. The lowest BCUT2D eigenvalue weighted by Gasteiger charge is -2.25. The molecule has 0 bridgehead atoms. The zero-order chi connectivity index (χ0) is 32.5. The second-order valence-electron chi connectivity index (χ2n) is 11.6. The van der Waals surface area contributed by atoms with Crippen LogP contribution in [0.1, 0.15) is 63.9 Å². The number of ether oxygens (including phenoxy) is 2. The second kappa shape index (κ2) is 12.7. The van der Waals surface area contributed by atoms with Gasteiger partial charge in [0.15, 0.2) is 11.6 Å². The highest BCUT2D eigenvalue weighted by Gasteiger charge is 2.40. The average Bonchev–Trinajstić information content (AvgIpc) is 3.67. The molecule has 44 heavy (non-hydrogen) atoms. The van der Waals surface area contributed by atoms with E-state index < -0.39 is 72.4 Å². The summed E-state index contributed by atoms with van der Waals surface area (Å²) >= 11 is 0. The predicted molar refractivity (Wildman–Crippen MR) is 153 cm³/mol. The number of alkyl carbamates (subject to hydrolysis) is 1. The van der Waals surface area contributed by atoms with Crippen LogP contribution in [0, 0.1) is 11.7 Å². The number of carbonyl (C=O) groups is 4. The Balaban J connectivity index is 1.75. The lowest BCUT2D eigenvalue weighted by atomic mass is 10.1. The summed E-state index contributed by atoms with van der Waals surface area (Å²) in [6.07, 6.45) is 1.86. The molecule has 2 fully saturated rings. The van der Waals surface area contributed by atoms with Crippen LogP contribution < -0.4 is 20.4 Å². The summed E-state index contributed by atoms with van der Waals surface area (Å²) in [4.78, 5) is 63.3. The SMILES string of the molecule is COc1c(N2CC(CF)C(NC(=O)OC(C)(C)C)C2)c(F)cc2c(=O)c(C(=O)OB(OC(C)=O)OC(C)=O)cn(C3CC3)c12. The van der Waals surface area contributed by atoms with Crippen molar-refractivity contribution in [2.75, 3.05) is 31.8 Å². The molecule has 2 aromatic rings. The number of carbonyl (C=O) groups excluding carboxylic acids is 4. The van der Waals surface area contributed by atoms with Crippen molar-refractivity contribution < 1.29 is 51.4 Å². The molecule has 1 amide bonds. The summed E-state index contributed by atoms with van der Waals surface area (Å²) in [5.41, 5.74) is -2.06. The van der Waals surface area contributed by atoms with Gasteiger partial charge in [-0.15, -0.1) is 0 Å². The Labute approximate surface area is 251 Å². The first-order valence-electron chi connectivity index (χ1n) is 13.9. The highest BCUT2D eigenvalue weighted by molar-refractivity contribution is 6.44. The van der Waals surface area contributed by atoms with E-state index in [0.717, 1.165) is 19.9 Å². The van der Waals surface area contributed by atoms with Gasteiger partial charge in [0, 0.05) is 45.1 Å². The molecule has 0 radical (unpaired) electrons. The van der Waals surface area contributed by atoms with E-state index in [1.165, 1.54) is 18.2 Å². The van der Waals surface area contributed by atoms with Gasteiger partial charge in [-0.3, -0.25) is 18.8 Å². The van der Waals surface area contributed by atoms with E-state index in [-0.39, 0.29) is 41.5 Å². The van der Waals surface area contributed by atoms with Crippen LogP contribution >= 0.6 is 0 Å². The third-order valence-corrected chi connectivity index (χ3v) is 6.95. The molecule has 1 aliphatic heterocycles. The number of hydrogen-bond donors (Lipinski definition) is 1. The summed E-state index contributed by atoms with van der Waals surface area (Å²) < 4.78 is 56.9. The number of pyridine rings is 1. The molecule has 16 heteroatoms. The number of nitrogens with zero attached hydrogens (tertiary/aromatic N) is 2. The normalized spacial score (nSPS) is 18.0. The summed E-state index contributed by atoms with van der Waals surface area (Å²) in [7, 11) is -0.750. The Kier molecular flexibility index (Phi) is 9.40. The fourth-order valence-electron chi connectivity index (χ4n) is 5.04. The van der Waals surface area contributed by atoms with Crippen molar-refractivity contribution in [3.8, 4) is 5.75 Å². The van der Waals surface area contributed by atoms with Gasteiger partial charge >= 0.3 is 19.4 Å². The van der Waals surface area contributed by atoms with Crippen LogP contribution in [0.25, 0.3) is 10.9 Å². The highest BCUT2D eigenvalue weighted by atomic mass is 19.1. The van der Waals surface area contributed by atoms with E-state index in [1.807, 2.05) is 0 Å². The van der Waals surface area contributed by atoms with Crippen LogP contribution in [0.3, 0.4) is 0 Å². The Bertz CT molecular complexity index is 1520. The van der Waals surface area contributed by atoms with E-state index in [4.69, 9.17) is 23.4 Å². The van der Waals surface area contributed by atoms with Gasteiger partial charge in [-0.25, -0.2) is 14.0 Å². The number of anilines is 1. The van der Waals surface area contributed by atoms with Crippen LogP contribution in [0.2, 0.25) is 0 Å². The molecular weight excluding hydrogens is 587 g/mol. The van der Waals surface area contributed by atoms with Gasteiger partial charge in [0.1, 0.15) is 16.9 Å². The van der Waals surface area contributed by atoms with Gasteiger partial charge < -0.3 is 38.2 Å². The zero-order valence-corrected chi connectivity index (χ0v) is 25.2. The van der Waals surface area contributed by atoms with Crippen LogP contribution in [-0.4, -0.2) is 74.4 Å². The standard InChI is InChI=1S/C28H34BF2N3O10/c1-14(35)42-29(43-15(2)36)44-26(38)19-12-34(17-7-8-17)22-18(24(19)37)9-20(31)23(25(22)40-6)33-11-16(10-30)21(13-33)32-27(39)41-28(3,4)5/h9,12,16-17,21H,7-8,10-11,13H2,1-6H3,(H,32,39). The van der Waals surface area contributed by atoms with Crippen LogP contribution in [0.5, 0.6) is 5.75 Å². The Morgan fingerprint density at radius 3 is 2.23 bits per heavy atom. The molecule has 1 aliphatic carbocycles. The maximum Gasteiger partial charge on any atom is 0.870 e. The molecule has 1 saturated carbocycles. The van der Waals surface area contributed by atoms with Crippen molar-refractivity contribution in [2.24, 2.45) is 5.92 Å². The van der Waals surface area contributed by atoms with Gasteiger partial charge in [-0.2, -0.15) is 0 Å². The van der Waals surface area contributed by atoms with Gasteiger partial charge in [0.05, 0.1) is 30.7 Å². The first kappa shape index (κ1) is 32.5. The summed E-state index contributed by atoms with van der Waals surface area (Å²) in [5.74, 6) is -4.70. The van der Waals surface area contributed by atoms with E-state index in [1.54, 1.807) is 25.3 Å². The van der Waals surface area contributed by atoms with E-state index >= 15 is 4.39 Å². The lowest BCUT2D eigenvalue weighted by Crippen LogP contribution is -2.43. The van der Waals surface area contributed by atoms with Gasteiger partial charge in [0.2, 0.25) is 5.43 Å². The van der Waals surface area contributed by atoms with Gasteiger partial charge in [-0.05, 0) is 39.7 Å². The predicted octanol–water partition coefficient (Wildman–Crippen LogP) is 3.05. The number of aromatic nitrogens is 1. The van der Waals surface area contributed by atoms with Crippen molar-refractivity contribution >= 4 is 47.9 Å². The third kappa shape index (κ3) is 7.22. The van der Waals surface area contributed by atoms with Gasteiger partial charge in [0.25, 0.3) is 11.9 Å². The molecule has 2 heterocycles. The molecule has 4 rings (SSSR count). The first-order chi connectivity index (χ1) is 20.6. The average molecular weight is 621 g/mol. The smallest absolute Gasteiger partial charge is 0.492 e. The Morgan fingerprint density at radius 1 is 1.07 bits per heavy atom. The van der Waals surface area contributed by atoms with Crippen molar-refractivity contribution in [1.29, 1.82) is 0 Å². The molecule has 1 aromatic heterocycles. The van der Waals surface area contributed by atoms with Crippen molar-refractivity contribution in [1.82, 2.24) is 9.88 Å². The molecule has 2 aliphatic rings. The van der Waals surface area contributed by atoms with E-state index in [9.17, 15) is 28.4 Å². The molecule has 2 unspecified atom stereocenters. The maximum atomic E-state index is 15.9. The molecule has 2 atom stereocenters. The number of nitrogens with one attached hydrogen (secondary N) is 1. The van der Waals surface area contributed by atoms with Crippen LogP contribution in [0.15, 0.2) is 17.1 Å². The number of fused-ring (bicyclic) bond motifs is 1. The summed E-state index contributed by atoms with van der Waals surface area (Å²) in [6, 6.07) is 0.0769. The number of rotatable bonds is 9. The first-order valence-corrected chi connectivity index (χ1v) is 13.9. The summed E-state index contributed by atoms with van der Waals surface area (Å²) in [5, 5.41) is 2.46. The number of halogens is 2. The monoisotopic (exact) mass is 621 g/mol. The minimum absolute atomic E-state index is 0.0165. The second-order valence-corrected chi connectivity index (χ2v) is 11.6. The molecule has 13 nitrogen and oxygen atoms in total. The molecule has 1 saturated heterocycles. The van der Waals surface area contributed by atoms with E-state index in [0.29, 0.717) is 12.8 Å². The number of methoxy groups -OCH3 is 1. The zero-order valence-electron chi connectivity index (χ0n) is 25.2. The van der Waals surface area contributed by atoms with E-state index in [2.05, 4.69) is 5.32 Å². The van der Waals surface area contributed by atoms with Crippen molar-refractivity contribution in [2.45, 2.75) is 65.1 Å². The topological polar surface area (TPSA) is 152 Å². The largest absolute Gasteiger partial charge is 0.870 e. The number of alkyl halides is 1. The molecule has 1 N–H and O–H groups in total. The van der Waals surface area contributed by atoms with Crippen molar-refractivity contribution in [3.05, 3.63) is 33.9 Å². The summed E-state index contributed by atoms with van der Waals surface area (Å²) in [6.45, 7) is 6.33. The van der Waals surface area contributed by atoms with Crippen LogP contribution in [0.4, 0.5) is 19.3 Å². The third-order valence-electron chi connectivity index (χ3n) is 6.95. The lowest BCUT2D eigenvalue weighted by molar-refractivity contribution is -0.139. The number of amides is 1. The minimum atomic E-state index is -2.04. The van der Waals surface area contributed by atoms with Crippen molar-refractivity contribution in [3.63, 3.8) is 0 Å². The number of benzene rings is 1.